The van der Waals surface area contributed by atoms with Crippen LogP contribution in [0.25, 0.3) is 0 Å². The summed E-state index contributed by atoms with van der Waals surface area (Å²) in [5.74, 6) is 1.69. The maximum Gasteiger partial charge on any atom is 0.204 e. The third-order valence-corrected chi connectivity index (χ3v) is 4.51. The van der Waals surface area contributed by atoms with Crippen LogP contribution in [0.3, 0.4) is 0 Å². The van der Waals surface area contributed by atoms with Crippen LogP contribution in [0.5, 0.6) is 5.75 Å². The molecule has 4 N–H and O–H groups in total. The monoisotopic (exact) mass is 360 g/mol. The molecule has 0 spiro atoms. The van der Waals surface area contributed by atoms with Crippen molar-refractivity contribution in [1.82, 2.24) is 20.9 Å². The van der Waals surface area contributed by atoms with Crippen LogP contribution in [0.15, 0.2) is 35.0 Å². The summed E-state index contributed by atoms with van der Waals surface area (Å²) >= 11 is 0. The maximum absolute atomic E-state index is 5.55. The Morgan fingerprint density at radius 3 is 2.69 bits per heavy atom. The van der Waals surface area contributed by atoms with E-state index < -0.39 is 0 Å². The number of benzene rings is 1. The van der Waals surface area contributed by atoms with E-state index in [0.717, 1.165) is 41.7 Å². The lowest BCUT2D eigenvalue weighted by Crippen LogP contribution is -2.48. The first kappa shape index (κ1) is 20.2. The molecule has 1 aromatic carbocycles. The van der Waals surface area contributed by atoms with Gasteiger partial charge in [0.25, 0.3) is 0 Å². The molecule has 0 aliphatic carbocycles. The van der Waals surface area contributed by atoms with Crippen LogP contribution < -0.4 is 26.0 Å². The summed E-state index contributed by atoms with van der Waals surface area (Å²) in [6.07, 6.45) is 2.22. The molecule has 7 heteroatoms. The van der Waals surface area contributed by atoms with Crippen molar-refractivity contribution in [2.45, 2.75) is 26.1 Å². The van der Waals surface area contributed by atoms with Crippen LogP contribution in [-0.2, 0) is 0 Å². The fourth-order valence-electron chi connectivity index (χ4n) is 2.95. The molecule has 0 saturated carbocycles. The zero-order chi connectivity index (χ0) is 19.1. The van der Waals surface area contributed by atoms with Crippen LogP contribution in [-0.4, -0.2) is 58.4 Å². The van der Waals surface area contributed by atoms with E-state index in [2.05, 4.69) is 50.2 Å². The van der Waals surface area contributed by atoms with Crippen molar-refractivity contribution in [3.8, 4) is 5.75 Å². The smallest absolute Gasteiger partial charge is 0.204 e. The second-order valence-corrected chi connectivity index (χ2v) is 6.45. The minimum atomic E-state index is 0.120. The highest BCUT2D eigenvalue weighted by atomic mass is 16.5. The molecular weight excluding hydrogens is 328 g/mol. The summed E-state index contributed by atoms with van der Waals surface area (Å²) < 4.78 is 5.55. The number of likely N-dealkylation sites (N-methyl/N-ethyl adjacent to an activating group) is 3. The van der Waals surface area contributed by atoms with Gasteiger partial charge >= 0.3 is 0 Å². The van der Waals surface area contributed by atoms with E-state index in [1.54, 1.807) is 7.11 Å². The van der Waals surface area contributed by atoms with E-state index in [9.17, 15) is 0 Å². The lowest BCUT2D eigenvalue weighted by Gasteiger charge is -2.32. The van der Waals surface area contributed by atoms with Crippen molar-refractivity contribution in [3.63, 3.8) is 0 Å². The van der Waals surface area contributed by atoms with Crippen molar-refractivity contribution in [3.05, 3.63) is 35.5 Å². The van der Waals surface area contributed by atoms with Gasteiger partial charge in [0.2, 0.25) is 5.96 Å². The molecule has 0 radical (unpaired) electrons. The average Bonchev–Trinajstić information content (AvgIpc) is 2.64. The summed E-state index contributed by atoms with van der Waals surface area (Å²) in [5.41, 5.74) is 3.09. The molecule has 1 aliphatic rings. The molecule has 1 unspecified atom stereocenters. The Morgan fingerprint density at radius 1 is 1.27 bits per heavy atom. The van der Waals surface area contributed by atoms with Crippen molar-refractivity contribution < 1.29 is 4.74 Å². The molecule has 0 amide bonds. The van der Waals surface area contributed by atoms with Crippen LogP contribution in [0.4, 0.5) is 5.69 Å². The topological polar surface area (TPSA) is 73.0 Å². The SMILES string of the molecule is CNCCN[C@@H](C)c1cc(NC2=NC(C)=CC(NC)N2C)ccc1OC. The molecule has 1 heterocycles. The molecule has 7 nitrogen and oxygen atoms in total. The van der Waals surface area contributed by atoms with E-state index in [4.69, 9.17) is 4.74 Å². The van der Waals surface area contributed by atoms with E-state index in [-0.39, 0.29) is 12.2 Å². The molecule has 0 fully saturated rings. The largest absolute Gasteiger partial charge is 0.496 e. The number of nitrogens with zero attached hydrogens (tertiary/aromatic N) is 2. The number of hydrogen-bond acceptors (Lipinski definition) is 7. The van der Waals surface area contributed by atoms with Crippen LogP contribution >= 0.6 is 0 Å². The molecule has 0 aromatic heterocycles. The minimum Gasteiger partial charge on any atom is -0.496 e. The number of methoxy groups -OCH3 is 1. The summed E-state index contributed by atoms with van der Waals surface area (Å²) in [7, 11) is 7.62. The van der Waals surface area contributed by atoms with Gasteiger partial charge in [0.15, 0.2) is 0 Å². The minimum absolute atomic E-state index is 0.120. The second kappa shape index (κ2) is 9.56. The normalized spacial score (nSPS) is 18.2. The van der Waals surface area contributed by atoms with Crippen molar-refractivity contribution >= 4 is 11.6 Å². The van der Waals surface area contributed by atoms with E-state index in [1.807, 2.05) is 40.2 Å². The summed E-state index contributed by atoms with van der Waals surface area (Å²) in [6, 6.07) is 6.31. The Hall–Kier alpha value is -2.09. The Bertz CT molecular complexity index is 657. The maximum atomic E-state index is 5.55. The first-order valence-corrected chi connectivity index (χ1v) is 9.00. The van der Waals surface area contributed by atoms with E-state index >= 15 is 0 Å². The number of ether oxygens (including phenoxy) is 1. The summed E-state index contributed by atoms with van der Waals surface area (Å²) in [5, 5.41) is 13.4. The molecule has 144 valence electrons. The Morgan fingerprint density at radius 2 is 2.04 bits per heavy atom. The van der Waals surface area contributed by atoms with Gasteiger partial charge in [-0.25, -0.2) is 4.99 Å². The van der Waals surface area contributed by atoms with Gasteiger partial charge in [-0.2, -0.15) is 0 Å². The standard InChI is InChI=1S/C19H32N6O/c1-13-11-18(21-4)25(5)19(23-13)24-15-7-8-17(26-6)16(12-15)14(2)22-10-9-20-3/h7-8,11-12,14,18,20-22H,9-10H2,1-6H3,(H,23,24)/t14-,18?/m0/s1. The van der Waals surface area contributed by atoms with Crippen molar-refractivity contribution in [2.24, 2.45) is 4.99 Å². The fraction of sp³-hybridized carbons (Fsp3) is 0.526. The predicted octanol–water partition coefficient (Wildman–Crippen LogP) is 1.73. The molecule has 26 heavy (non-hydrogen) atoms. The third-order valence-electron chi connectivity index (χ3n) is 4.51. The van der Waals surface area contributed by atoms with Gasteiger partial charge in [-0.05, 0) is 52.2 Å². The molecular formula is C19H32N6O. The molecule has 1 aromatic rings. The zero-order valence-electron chi connectivity index (χ0n) is 16.7. The van der Waals surface area contributed by atoms with Gasteiger partial charge in [0.05, 0.1) is 7.11 Å². The van der Waals surface area contributed by atoms with Gasteiger partial charge in [0, 0.05) is 43.1 Å². The Labute approximate surface area is 156 Å². The number of guanidine groups is 1. The number of anilines is 1. The van der Waals surface area contributed by atoms with Crippen molar-refractivity contribution in [2.75, 3.05) is 46.7 Å². The lowest BCUT2D eigenvalue weighted by atomic mass is 10.1. The van der Waals surface area contributed by atoms with Crippen LogP contribution in [0.1, 0.15) is 25.5 Å². The Balaban J connectivity index is 2.20. The van der Waals surface area contributed by atoms with E-state index in [0.29, 0.717) is 0 Å². The van der Waals surface area contributed by atoms with Gasteiger partial charge in [0.1, 0.15) is 11.9 Å². The quantitative estimate of drug-likeness (QED) is 0.529. The number of allylic oxidation sites excluding steroid dienone is 1. The fourth-order valence-corrected chi connectivity index (χ4v) is 2.95. The lowest BCUT2D eigenvalue weighted by molar-refractivity contribution is 0.373. The Kier molecular flexibility index (Phi) is 7.44. The molecule has 0 saturated heterocycles. The average molecular weight is 361 g/mol. The van der Waals surface area contributed by atoms with Gasteiger partial charge < -0.3 is 25.6 Å². The molecule has 2 rings (SSSR count). The zero-order valence-corrected chi connectivity index (χ0v) is 16.7. The predicted molar refractivity (Wildman–Crippen MR) is 109 cm³/mol. The number of nitrogens with one attached hydrogen (secondary N) is 4. The third kappa shape index (κ3) is 4.97. The molecule has 2 atom stereocenters. The van der Waals surface area contributed by atoms with Gasteiger partial charge in [-0.3, -0.25) is 5.32 Å². The summed E-state index contributed by atoms with van der Waals surface area (Å²) in [6.45, 7) is 5.96. The highest BCUT2D eigenvalue weighted by molar-refractivity contribution is 5.95. The highest BCUT2D eigenvalue weighted by Gasteiger charge is 2.20. The molecule has 1 aliphatic heterocycles. The number of hydrogen-bond donors (Lipinski definition) is 4. The van der Waals surface area contributed by atoms with Gasteiger partial charge in [-0.1, -0.05) is 0 Å². The van der Waals surface area contributed by atoms with E-state index in [1.165, 1.54) is 0 Å². The molecule has 0 bridgehead atoms. The summed E-state index contributed by atoms with van der Waals surface area (Å²) in [4.78, 5) is 6.71. The first-order chi connectivity index (χ1) is 12.5. The highest BCUT2D eigenvalue weighted by Crippen LogP contribution is 2.28. The second-order valence-electron chi connectivity index (χ2n) is 6.45. The van der Waals surface area contributed by atoms with Gasteiger partial charge in [-0.15, -0.1) is 0 Å². The number of rotatable bonds is 8. The number of aliphatic imine (C=N–C) groups is 1. The van der Waals surface area contributed by atoms with Crippen LogP contribution in [0.2, 0.25) is 0 Å². The van der Waals surface area contributed by atoms with Crippen molar-refractivity contribution in [1.29, 1.82) is 0 Å². The van der Waals surface area contributed by atoms with Crippen LogP contribution in [0, 0.1) is 0 Å². The first-order valence-electron chi connectivity index (χ1n) is 9.00.